The van der Waals surface area contributed by atoms with Crippen molar-refractivity contribution in [2.75, 3.05) is 0 Å². The molecule has 0 fully saturated rings. The van der Waals surface area contributed by atoms with Gasteiger partial charge in [-0.3, -0.25) is 0 Å². The van der Waals surface area contributed by atoms with Gasteiger partial charge in [0, 0.05) is 10.8 Å². The first-order valence-corrected chi connectivity index (χ1v) is 18.2. The van der Waals surface area contributed by atoms with E-state index in [1.807, 2.05) is 12.1 Å². The standard InChI is InChI=1S/C51H36O/c1-33-23-24-36(34-13-4-2-5-14-34)29-39(35-15-6-3-7-16-35)31-47(33)37-26-28-46-48(30-37)42-18-9-8-17-41(42)45-21-12-20-40(51(45)46)38-25-27-44-43-19-10-11-22-49(43)52-50(44)32-38/h2-22,25-32H,23-24H2,1H3/b36-29+,39-31+,47-33-. The average molecular weight is 665 g/mol. The molecule has 0 saturated heterocycles. The Morgan fingerprint density at radius 2 is 1.02 bits per heavy atom. The lowest BCUT2D eigenvalue weighted by molar-refractivity contribution is 0.669. The SMILES string of the molecule is C\C1=C(c2ccc3c(c2)c2ccccc2c2cccc(-c4ccc5c(c4)oc4ccccc45)c23)/C=C(c2ccccc2)\C=C(\c2ccccc2)CC1. The zero-order valence-corrected chi connectivity index (χ0v) is 29.1. The van der Waals surface area contributed by atoms with E-state index in [-0.39, 0.29) is 0 Å². The van der Waals surface area contributed by atoms with Gasteiger partial charge in [-0.25, -0.2) is 0 Å². The highest BCUT2D eigenvalue weighted by Gasteiger charge is 2.18. The van der Waals surface area contributed by atoms with Crippen LogP contribution in [0.4, 0.5) is 0 Å². The molecule has 0 N–H and O–H groups in total. The van der Waals surface area contributed by atoms with Crippen LogP contribution in [0.2, 0.25) is 0 Å². The summed E-state index contributed by atoms with van der Waals surface area (Å²) in [5.41, 5.74) is 13.3. The lowest BCUT2D eigenvalue weighted by Gasteiger charge is -2.19. The summed E-state index contributed by atoms with van der Waals surface area (Å²) in [6, 6.07) is 59.4. The Morgan fingerprint density at radius 1 is 0.404 bits per heavy atom. The smallest absolute Gasteiger partial charge is 0.136 e. The van der Waals surface area contributed by atoms with E-state index < -0.39 is 0 Å². The minimum atomic E-state index is 0.917. The molecule has 1 aliphatic rings. The first kappa shape index (κ1) is 30.4. The van der Waals surface area contributed by atoms with Gasteiger partial charge in [0.15, 0.2) is 0 Å². The lowest BCUT2D eigenvalue weighted by atomic mass is 9.85. The van der Waals surface area contributed by atoms with Crippen molar-refractivity contribution >= 4 is 71.0 Å². The molecule has 1 heterocycles. The summed E-state index contributed by atoms with van der Waals surface area (Å²) >= 11 is 0. The molecule has 9 aromatic rings. The van der Waals surface area contributed by atoms with E-state index in [1.54, 1.807) is 0 Å². The molecule has 0 atom stereocenters. The fourth-order valence-electron chi connectivity index (χ4n) is 8.35. The predicted molar refractivity (Wildman–Crippen MR) is 222 cm³/mol. The molecule has 0 saturated carbocycles. The number of para-hydroxylation sites is 1. The molecule has 0 bridgehead atoms. The summed E-state index contributed by atoms with van der Waals surface area (Å²) in [5.74, 6) is 0. The molecule has 52 heavy (non-hydrogen) atoms. The zero-order chi connectivity index (χ0) is 34.6. The van der Waals surface area contributed by atoms with E-state index in [0.717, 1.165) is 40.3 Å². The third-order valence-electron chi connectivity index (χ3n) is 11.0. The average Bonchev–Trinajstić information content (AvgIpc) is 3.58. The Balaban J connectivity index is 1.19. The molecule has 0 radical (unpaired) electrons. The summed E-state index contributed by atoms with van der Waals surface area (Å²) < 4.78 is 6.35. The molecule has 1 aromatic heterocycles. The maximum absolute atomic E-state index is 6.35. The van der Waals surface area contributed by atoms with Gasteiger partial charge in [-0.15, -0.1) is 0 Å². The predicted octanol–water partition coefficient (Wildman–Crippen LogP) is 14.4. The minimum Gasteiger partial charge on any atom is -0.456 e. The maximum Gasteiger partial charge on any atom is 0.136 e. The molecule has 1 nitrogen and oxygen atoms in total. The molecule has 8 aromatic carbocycles. The van der Waals surface area contributed by atoms with Gasteiger partial charge in [0.2, 0.25) is 0 Å². The van der Waals surface area contributed by atoms with Crippen LogP contribution >= 0.6 is 0 Å². The third-order valence-corrected chi connectivity index (χ3v) is 11.0. The molecular weight excluding hydrogens is 629 g/mol. The fourth-order valence-corrected chi connectivity index (χ4v) is 8.35. The lowest BCUT2D eigenvalue weighted by Crippen LogP contribution is -1.96. The van der Waals surface area contributed by atoms with Gasteiger partial charge >= 0.3 is 0 Å². The van der Waals surface area contributed by atoms with Gasteiger partial charge in [-0.1, -0.05) is 151 Å². The summed E-state index contributed by atoms with van der Waals surface area (Å²) in [4.78, 5) is 0. The van der Waals surface area contributed by atoms with Gasteiger partial charge in [0.25, 0.3) is 0 Å². The number of furan rings is 1. The van der Waals surface area contributed by atoms with Crippen LogP contribution in [0.25, 0.3) is 82.1 Å². The van der Waals surface area contributed by atoms with Gasteiger partial charge in [-0.2, -0.15) is 0 Å². The Labute approximate surface area is 303 Å². The molecule has 0 aliphatic heterocycles. The van der Waals surface area contributed by atoms with Crippen LogP contribution in [0.15, 0.2) is 186 Å². The number of allylic oxidation sites excluding steroid dienone is 6. The molecule has 10 rings (SSSR count). The van der Waals surface area contributed by atoms with Gasteiger partial charge in [0.1, 0.15) is 11.2 Å². The van der Waals surface area contributed by atoms with Gasteiger partial charge in [0.05, 0.1) is 0 Å². The largest absolute Gasteiger partial charge is 0.456 e. The van der Waals surface area contributed by atoms with E-state index in [9.17, 15) is 0 Å². The Kier molecular flexibility index (Phi) is 7.25. The molecule has 1 aliphatic carbocycles. The van der Waals surface area contributed by atoms with E-state index in [0.29, 0.717) is 0 Å². The molecule has 0 spiro atoms. The highest BCUT2D eigenvalue weighted by atomic mass is 16.3. The second-order valence-corrected chi connectivity index (χ2v) is 14.0. The highest BCUT2D eigenvalue weighted by molar-refractivity contribution is 6.29. The number of benzene rings is 8. The van der Waals surface area contributed by atoms with Crippen LogP contribution < -0.4 is 0 Å². The van der Waals surface area contributed by atoms with Crippen LogP contribution in [-0.4, -0.2) is 0 Å². The van der Waals surface area contributed by atoms with Crippen molar-refractivity contribution in [1.29, 1.82) is 0 Å². The normalized spacial score (nSPS) is 17.2. The molecular formula is C51H36O. The van der Waals surface area contributed by atoms with Crippen LogP contribution in [0.1, 0.15) is 36.5 Å². The van der Waals surface area contributed by atoms with Gasteiger partial charge in [-0.05, 0) is 127 Å². The van der Waals surface area contributed by atoms with Crippen molar-refractivity contribution < 1.29 is 4.42 Å². The Bertz CT molecular complexity index is 2940. The van der Waals surface area contributed by atoms with E-state index in [2.05, 4.69) is 171 Å². The molecule has 0 unspecified atom stereocenters. The summed E-state index contributed by atoms with van der Waals surface area (Å²) in [5, 5.41) is 9.93. The van der Waals surface area contributed by atoms with Crippen LogP contribution in [-0.2, 0) is 0 Å². The van der Waals surface area contributed by atoms with Crippen molar-refractivity contribution in [2.45, 2.75) is 19.8 Å². The summed E-state index contributed by atoms with van der Waals surface area (Å²) in [6.45, 7) is 2.32. The number of fused-ring (bicyclic) bond motifs is 9. The van der Waals surface area contributed by atoms with Gasteiger partial charge < -0.3 is 4.42 Å². The monoisotopic (exact) mass is 664 g/mol. The third kappa shape index (κ3) is 5.09. The number of rotatable bonds is 4. The van der Waals surface area contributed by atoms with E-state index >= 15 is 0 Å². The molecule has 1 heteroatoms. The van der Waals surface area contributed by atoms with Crippen LogP contribution in [0.3, 0.4) is 0 Å². The van der Waals surface area contributed by atoms with E-state index in [4.69, 9.17) is 4.42 Å². The minimum absolute atomic E-state index is 0.917. The van der Waals surface area contributed by atoms with Crippen molar-refractivity contribution in [1.82, 2.24) is 0 Å². The topological polar surface area (TPSA) is 13.1 Å². The summed E-state index contributed by atoms with van der Waals surface area (Å²) in [7, 11) is 0. The second kappa shape index (κ2) is 12.4. The zero-order valence-electron chi connectivity index (χ0n) is 29.1. The Hall–Kier alpha value is -6.44. The first-order chi connectivity index (χ1) is 25.7. The van der Waals surface area contributed by atoms with Crippen molar-refractivity contribution in [3.63, 3.8) is 0 Å². The molecule has 0 amide bonds. The van der Waals surface area contributed by atoms with E-state index in [1.165, 1.54) is 76.9 Å². The van der Waals surface area contributed by atoms with Crippen molar-refractivity contribution in [3.8, 4) is 11.1 Å². The fraction of sp³-hybridized carbons (Fsp3) is 0.0588. The van der Waals surface area contributed by atoms with Crippen LogP contribution in [0.5, 0.6) is 0 Å². The first-order valence-electron chi connectivity index (χ1n) is 18.2. The van der Waals surface area contributed by atoms with Crippen molar-refractivity contribution in [3.05, 3.63) is 198 Å². The second-order valence-electron chi connectivity index (χ2n) is 14.0. The van der Waals surface area contributed by atoms with Crippen LogP contribution in [0, 0.1) is 0 Å². The number of hydrogen-bond donors (Lipinski definition) is 0. The Morgan fingerprint density at radius 3 is 1.83 bits per heavy atom. The highest BCUT2D eigenvalue weighted by Crippen LogP contribution is 2.43. The van der Waals surface area contributed by atoms with Crippen molar-refractivity contribution in [2.24, 2.45) is 0 Å². The summed E-state index contributed by atoms with van der Waals surface area (Å²) in [6.07, 6.45) is 6.82. The molecule has 246 valence electrons. The number of hydrogen-bond acceptors (Lipinski definition) is 1. The maximum atomic E-state index is 6.35. The quantitative estimate of drug-likeness (QED) is 0.171.